The standard InChI is InChI=1S/C25H22Cl3N3O4S/c1-14-22(25(33)35-10-9-34-2)23(15-3-5-16(26)6-4-15)18(12-29)24(30-14)36-13-21(32)31-17-7-8-19(27)20(28)11-17/h3-8,11,23,30H,9-10,13H2,1-2H3,(H,31,32)/t23-/m0/s1. The van der Waals surface area contributed by atoms with Gasteiger partial charge in [0.25, 0.3) is 0 Å². The van der Waals surface area contributed by atoms with Gasteiger partial charge in [0, 0.05) is 23.5 Å². The van der Waals surface area contributed by atoms with Gasteiger partial charge in [0.05, 0.1) is 50.6 Å². The number of hydrogen-bond donors (Lipinski definition) is 2. The van der Waals surface area contributed by atoms with Gasteiger partial charge in [-0.3, -0.25) is 4.79 Å². The van der Waals surface area contributed by atoms with Crippen molar-refractivity contribution in [3.8, 4) is 6.07 Å². The van der Waals surface area contributed by atoms with Crippen LogP contribution in [0.2, 0.25) is 15.1 Å². The zero-order valence-corrected chi connectivity index (χ0v) is 22.4. The van der Waals surface area contributed by atoms with Crippen molar-refractivity contribution in [1.29, 1.82) is 5.26 Å². The first-order chi connectivity index (χ1) is 17.2. The van der Waals surface area contributed by atoms with E-state index in [0.717, 1.165) is 11.8 Å². The summed E-state index contributed by atoms with van der Waals surface area (Å²) in [4.78, 5) is 25.6. The molecule has 0 saturated heterocycles. The SMILES string of the molecule is COCCOC(=O)C1=C(C)NC(SCC(=O)Nc2ccc(Cl)c(Cl)c2)=C(C#N)[C@@H]1c1ccc(Cl)cc1. The Balaban J connectivity index is 1.86. The number of rotatable bonds is 9. The van der Waals surface area contributed by atoms with E-state index in [4.69, 9.17) is 44.3 Å². The van der Waals surface area contributed by atoms with Crippen LogP contribution >= 0.6 is 46.6 Å². The van der Waals surface area contributed by atoms with Gasteiger partial charge < -0.3 is 20.1 Å². The maximum atomic E-state index is 13.0. The molecule has 1 aliphatic heterocycles. The summed E-state index contributed by atoms with van der Waals surface area (Å²) < 4.78 is 10.3. The molecule has 1 heterocycles. The highest BCUT2D eigenvalue weighted by molar-refractivity contribution is 8.03. The molecule has 0 aromatic heterocycles. The topological polar surface area (TPSA) is 100 Å². The molecule has 0 radical (unpaired) electrons. The molecule has 0 aliphatic carbocycles. The lowest BCUT2D eigenvalue weighted by Gasteiger charge is -2.29. The summed E-state index contributed by atoms with van der Waals surface area (Å²) in [6, 6.07) is 13.9. The van der Waals surface area contributed by atoms with Crippen LogP contribution in [-0.2, 0) is 19.1 Å². The van der Waals surface area contributed by atoms with Gasteiger partial charge in [-0.15, -0.1) is 0 Å². The van der Waals surface area contributed by atoms with Gasteiger partial charge in [-0.2, -0.15) is 5.26 Å². The van der Waals surface area contributed by atoms with Crippen LogP contribution < -0.4 is 10.6 Å². The number of amides is 1. The Hall–Kier alpha value is -2.67. The lowest BCUT2D eigenvalue weighted by molar-refractivity contribution is -0.140. The van der Waals surface area contributed by atoms with Crippen LogP contribution in [0, 0.1) is 11.3 Å². The van der Waals surface area contributed by atoms with Crippen LogP contribution in [0.15, 0.2) is 64.3 Å². The van der Waals surface area contributed by atoms with Crippen molar-refractivity contribution in [2.45, 2.75) is 12.8 Å². The molecule has 188 valence electrons. The van der Waals surface area contributed by atoms with Gasteiger partial charge >= 0.3 is 5.97 Å². The van der Waals surface area contributed by atoms with Crippen LogP contribution in [0.3, 0.4) is 0 Å². The smallest absolute Gasteiger partial charge is 0.336 e. The summed E-state index contributed by atoms with van der Waals surface area (Å²) in [5, 5.41) is 17.6. The molecule has 1 aliphatic rings. The number of carbonyl (C=O) groups excluding carboxylic acids is 2. The van der Waals surface area contributed by atoms with Gasteiger partial charge in [0.2, 0.25) is 5.91 Å². The van der Waals surface area contributed by atoms with Crippen molar-refractivity contribution in [2.24, 2.45) is 0 Å². The van der Waals surface area contributed by atoms with E-state index in [1.54, 1.807) is 49.4 Å². The van der Waals surface area contributed by atoms with Crippen molar-refractivity contribution >= 4 is 64.1 Å². The molecule has 0 fully saturated rings. The van der Waals surface area contributed by atoms with E-state index in [0.29, 0.717) is 42.6 Å². The van der Waals surface area contributed by atoms with E-state index in [2.05, 4.69) is 16.7 Å². The van der Waals surface area contributed by atoms with Gasteiger partial charge in [0.15, 0.2) is 0 Å². The monoisotopic (exact) mass is 565 g/mol. The molecule has 7 nitrogen and oxygen atoms in total. The first-order valence-corrected chi connectivity index (χ1v) is 12.8. The minimum Gasteiger partial charge on any atom is -0.460 e. The third kappa shape index (κ3) is 6.96. The summed E-state index contributed by atoms with van der Waals surface area (Å²) in [5.74, 6) is -1.57. The molecule has 3 rings (SSSR count). The van der Waals surface area contributed by atoms with Crippen LogP contribution in [0.5, 0.6) is 0 Å². The van der Waals surface area contributed by atoms with Gasteiger partial charge in [-0.1, -0.05) is 58.7 Å². The number of ether oxygens (including phenoxy) is 2. The number of halogens is 3. The fraction of sp³-hybridized carbons (Fsp3) is 0.240. The Morgan fingerprint density at radius 3 is 2.47 bits per heavy atom. The Labute approximate surface area is 228 Å². The number of thioether (sulfide) groups is 1. The first kappa shape index (κ1) is 27.9. The molecule has 2 aromatic carbocycles. The number of carbonyl (C=O) groups is 2. The van der Waals surface area contributed by atoms with Crippen molar-refractivity contribution in [1.82, 2.24) is 5.32 Å². The molecule has 2 N–H and O–H groups in total. The first-order valence-electron chi connectivity index (χ1n) is 10.7. The molecular weight excluding hydrogens is 545 g/mol. The van der Waals surface area contributed by atoms with E-state index < -0.39 is 11.9 Å². The summed E-state index contributed by atoms with van der Waals surface area (Å²) in [6.45, 7) is 2.04. The number of hydrogen-bond acceptors (Lipinski definition) is 7. The van der Waals surface area contributed by atoms with Crippen molar-refractivity contribution < 1.29 is 19.1 Å². The third-order valence-corrected chi connectivity index (χ3v) is 7.15. The van der Waals surface area contributed by atoms with E-state index in [-0.39, 0.29) is 30.4 Å². The molecule has 0 unspecified atom stereocenters. The summed E-state index contributed by atoms with van der Waals surface area (Å²) in [7, 11) is 1.51. The second-order valence-corrected chi connectivity index (χ2v) is 9.83. The second kappa shape index (κ2) is 13.0. The quantitative estimate of drug-likeness (QED) is 0.288. The van der Waals surface area contributed by atoms with E-state index in [9.17, 15) is 14.9 Å². The number of methoxy groups -OCH3 is 1. The number of benzene rings is 2. The molecule has 0 spiro atoms. The zero-order valence-electron chi connectivity index (χ0n) is 19.4. The maximum Gasteiger partial charge on any atom is 0.336 e. The number of allylic oxidation sites excluding steroid dienone is 2. The molecule has 1 atom stereocenters. The van der Waals surface area contributed by atoms with Gasteiger partial charge in [-0.05, 0) is 42.8 Å². The minimum atomic E-state index is -0.704. The van der Waals surface area contributed by atoms with Crippen molar-refractivity contribution in [3.63, 3.8) is 0 Å². The largest absolute Gasteiger partial charge is 0.460 e. The Morgan fingerprint density at radius 2 is 1.83 bits per heavy atom. The Kier molecular flexibility index (Phi) is 10.1. The lowest BCUT2D eigenvalue weighted by Crippen LogP contribution is -2.29. The van der Waals surface area contributed by atoms with Crippen molar-refractivity contribution in [3.05, 3.63) is 85.0 Å². The van der Waals surface area contributed by atoms with Crippen LogP contribution in [0.4, 0.5) is 5.69 Å². The maximum absolute atomic E-state index is 13.0. The molecule has 0 bridgehead atoms. The molecule has 36 heavy (non-hydrogen) atoms. The normalized spacial score (nSPS) is 15.3. The Bertz CT molecular complexity index is 1260. The van der Waals surface area contributed by atoms with Crippen LogP contribution in [0.25, 0.3) is 0 Å². The summed E-state index contributed by atoms with van der Waals surface area (Å²) in [6.07, 6.45) is 0. The molecule has 11 heteroatoms. The number of dihydropyridines is 1. The van der Waals surface area contributed by atoms with Gasteiger partial charge in [-0.25, -0.2) is 4.79 Å². The number of nitrogens with zero attached hydrogens (tertiary/aromatic N) is 1. The van der Waals surface area contributed by atoms with E-state index in [1.807, 2.05) is 0 Å². The zero-order chi connectivity index (χ0) is 26.2. The molecule has 2 aromatic rings. The fourth-order valence-electron chi connectivity index (χ4n) is 3.49. The number of esters is 1. The third-order valence-electron chi connectivity index (χ3n) is 5.14. The van der Waals surface area contributed by atoms with E-state index in [1.165, 1.54) is 7.11 Å². The highest BCUT2D eigenvalue weighted by Gasteiger charge is 2.35. The van der Waals surface area contributed by atoms with Crippen LogP contribution in [-0.4, -0.2) is 38.0 Å². The average molecular weight is 567 g/mol. The van der Waals surface area contributed by atoms with Gasteiger partial charge in [0.1, 0.15) is 6.61 Å². The Morgan fingerprint density at radius 1 is 1.11 bits per heavy atom. The van der Waals surface area contributed by atoms with E-state index >= 15 is 0 Å². The molecule has 1 amide bonds. The lowest BCUT2D eigenvalue weighted by atomic mass is 9.82. The average Bonchev–Trinajstić information content (AvgIpc) is 2.85. The molecule has 0 saturated carbocycles. The number of nitrogens with one attached hydrogen (secondary N) is 2. The summed E-state index contributed by atoms with van der Waals surface area (Å²) >= 11 is 19.1. The second-order valence-electron chi connectivity index (χ2n) is 7.60. The predicted molar refractivity (Wildman–Crippen MR) is 143 cm³/mol. The fourth-order valence-corrected chi connectivity index (χ4v) is 4.81. The number of nitriles is 1. The summed E-state index contributed by atoms with van der Waals surface area (Å²) in [5.41, 5.74) is 2.29. The number of anilines is 1. The minimum absolute atomic E-state index is 0.00198. The highest BCUT2D eigenvalue weighted by atomic mass is 35.5. The van der Waals surface area contributed by atoms with Crippen LogP contribution in [0.1, 0.15) is 18.4 Å². The molecular formula is C25H22Cl3N3O4S. The predicted octanol–water partition coefficient (Wildman–Crippen LogP) is 5.90. The van der Waals surface area contributed by atoms with Crippen molar-refractivity contribution in [2.75, 3.05) is 31.4 Å². The highest BCUT2D eigenvalue weighted by Crippen LogP contribution is 2.41.